The van der Waals surface area contributed by atoms with Crippen molar-refractivity contribution in [3.8, 4) is 0 Å². The predicted octanol–water partition coefficient (Wildman–Crippen LogP) is 1.65. The Bertz CT molecular complexity index is 423. The molecule has 0 spiro atoms. The van der Waals surface area contributed by atoms with Crippen LogP contribution in [-0.4, -0.2) is 29.9 Å². The zero-order valence-electron chi connectivity index (χ0n) is 10.1. The van der Waals surface area contributed by atoms with Gasteiger partial charge in [-0.3, -0.25) is 4.79 Å². The molecule has 0 aliphatic carbocycles. The Labute approximate surface area is 102 Å². The van der Waals surface area contributed by atoms with Crippen molar-refractivity contribution < 1.29 is 4.79 Å². The van der Waals surface area contributed by atoms with Gasteiger partial charge in [-0.15, -0.1) is 0 Å². The Balaban J connectivity index is 2.06. The molecule has 17 heavy (non-hydrogen) atoms. The largest absolute Gasteiger partial charge is 0.337 e. The topological polar surface area (TPSA) is 46.3 Å². The molecule has 1 atom stereocenters. The maximum absolute atomic E-state index is 11.7. The molecular formula is C14H18N2O. The molecule has 0 fully saturated rings. The van der Waals surface area contributed by atoms with Crippen molar-refractivity contribution in [2.75, 3.05) is 13.1 Å². The van der Waals surface area contributed by atoms with Crippen LogP contribution in [0.15, 0.2) is 36.4 Å². The normalized spacial score (nSPS) is 17.5. The van der Waals surface area contributed by atoms with Gasteiger partial charge in [-0.1, -0.05) is 36.4 Å². The summed E-state index contributed by atoms with van der Waals surface area (Å²) in [5.74, 6) is 0.0355. The summed E-state index contributed by atoms with van der Waals surface area (Å²) >= 11 is 0. The summed E-state index contributed by atoms with van der Waals surface area (Å²) in [6.07, 6.45) is 3.03. The lowest BCUT2D eigenvalue weighted by Gasteiger charge is -2.28. The maximum atomic E-state index is 11.7. The lowest BCUT2D eigenvalue weighted by atomic mass is 9.99. The zero-order valence-corrected chi connectivity index (χ0v) is 10.1. The quantitative estimate of drug-likeness (QED) is 0.839. The number of carbonyl (C=O) groups excluding carboxylic acids is 1. The molecule has 0 saturated heterocycles. The van der Waals surface area contributed by atoms with E-state index in [1.165, 1.54) is 11.1 Å². The van der Waals surface area contributed by atoms with Gasteiger partial charge < -0.3 is 10.6 Å². The molecule has 3 nitrogen and oxygen atoms in total. The van der Waals surface area contributed by atoms with Gasteiger partial charge in [-0.05, 0) is 24.5 Å². The number of nitrogens with zero attached hydrogens (tertiary/aromatic N) is 1. The van der Waals surface area contributed by atoms with Crippen LogP contribution in [0, 0.1) is 0 Å². The maximum Gasteiger partial charge on any atom is 0.239 e. The molecule has 3 heteroatoms. The first-order valence-corrected chi connectivity index (χ1v) is 5.97. The Morgan fingerprint density at radius 3 is 2.59 bits per heavy atom. The molecule has 0 bridgehead atoms. The van der Waals surface area contributed by atoms with Gasteiger partial charge in [0.2, 0.25) is 5.91 Å². The Hall–Kier alpha value is -1.61. The molecule has 1 heterocycles. The van der Waals surface area contributed by atoms with Gasteiger partial charge in [0.05, 0.1) is 6.04 Å². The summed E-state index contributed by atoms with van der Waals surface area (Å²) in [4.78, 5) is 13.5. The second kappa shape index (κ2) is 5.15. The molecule has 2 N–H and O–H groups in total. The summed E-state index contributed by atoms with van der Waals surface area (Å²) in [6, 6.07) is 9.90. The van der Waals surface area contributed by atoms with Crippen LogP contribution in [0.25, 0.3) is 5.57 Å². The van der Waals surface area contributed by atoms with Gasteiger partial charge in [-0.25, -0.2) is 0 Å². The Morgan fingerprint density at radius 1 is 1.35 bits per heavy atom. The fraction of sp³-hybridized carbons (Fsp3) is 0.357. The highest BCUT2D eigenvalue weighted by atomic mass is 16.2. The monoisotopic (exact) mass is 230 g/mol. The number of hydrogen-bond donors (Lipinski definition) is 1. The van der Waals surface area contributed by atoms with Gasteiger partial charge in [0.1, 0.15) is 0 Å². The molecule has 0 saturated carbocycles. The highest BCUT2D eigenvalue weighted by Gasteiger charge is 2.19. The van der Waals surface area contributed by atoms with E-state index in [1.807, 2.05) is 23.1 Å². The van der Waals surface area contributed by atoms with Crippen molar-refractivity contribution >= 4 is 11.5 Å². The average molecular weight is 230 g/mol. The third kappa shape index (κ3) is 2.74. The number of nitrogens with two attached hydrogens (primary N) is 1. The fourth-order valence-corrected chi connectivity index (χ4v) is 2.07. The van der Waals surface area contributed by atoms with Crippen LogP contribution in [0.3, 0.4) is 0 Å². The summed E-state index contributed by atoms with van der Waals surface area (Å²) in [5.41, 5.74) is 8.17. The van der Waals surface area contributed by atoms with E-state index in [0.717, 1.165) is 13.0 Å². The molecule has 90 valence electrons. The smallest absolute Gasteiger partial charge is 0.239 e. The number of amides is 1. The molecular weight excluding hydrogens is 212 g/mol. The number of carbonyl (C=O) groups is 1. The summed E-state index contributed by atoms with van der Waals surface area (Å²) in [5, 5.41) is 0. The Kier molecular flexibility index (Phi) is 3.59. The highest BCUT2D eigenvalue weighted by molar-refractivity contribution is 5.82. The van der Waals surface area contributed by atoms with Gasteiger partial charge in [-0.2, -0.15) is 0 Å². The predicted molar refractivity (Wildman–Crippen MR) is 69.3 cm³/mol. The number of hydrogen-bond acceptors (Lipinski definition) is 2. The van der Waals surface area contributed by atoms with Crippen LogP contribution in [0.1, 0.15) is 18.9 Å². The van der Waals surface area contributed by atoms with Crippen molar-refractivity contribution in [1.82, 2.24) is 4.90 Å². The summed E-state index contributed by atoms with van der Waals surface area (Å²) in [6.45, 7) is 3.17. The van der Waals surface area contributed by atoms with Crippen LogP contribution in [0.4, 0.5) is 0 Å². The SMILES string of the molecule is C[C@H](N)C(=O)N1CC=C(c2ccccc2)CC1. The average Bonchev–Trinajstić information content (AvgIpc) is 2.39. The van der Waals surface area contributed by atoms with Crippen molar-refractivity contribution in [3.05, 3.63) is 42.0 Å². The van der Waals surface area contributed by atoms with E-state index in [1.54, 1.807) is 6.92 Å². The van der Waals surface area contributed by atoms with E-state index in [0.29, 0.717) is 6.54 Å². The molecule has 0 aromatic heterocycles. The molecule has 0 unspecified atom stereocenters. The minimum atomic E-state index is -0.401. The molecule has 1 aromatic rings. The van der Waals surface area contributed by atoms with Crippen molar-refractivity contribution in [2.24, 2.45) is 5.73 Å². The lowest BCUT2D eigenvalue weighted by molar-refractivity contribution is -0.131. The summed E-state index contributed by atoms with van der Waals surface area (Å²) in [7, 11) is 0. The molecule has 1 aliphatic heterocycles. The molecule has 0 radical (unpaired) electrons. The van der Waals surface area contributed by atoms with E-state index in [9.17, 15) is 4.79 Å². The zero-order chi connectivity index (χ0) is 12.3. The van der Waals surface area contributed by atoms with E-state index >= 15 is 0 Å². The van der Waals surface area contributed by atoms with E-state index in [4.69, 9.17) is 5.73 Å². The van der Waals surface area contributed by atoms with Crippen molar-refractivity contribution in [2.45, 2.75) is 19.4 Å². The van der Waals surface area contributed by atoms with Crippen LogP contribution in [-0.2, 0) is 4.79 Å². The molecule has 1 aliphatic rings. The van der Waals surface area contributed by atoms with E-state index in [2.05, 4.69) is 18.2 Å². The van der Waals surface area contributed by atoms with Gasteiger partial charge in [0.25, 0.3) is 0 Å². The summed E-state index contributed by atoms with van der Waals surface area (Å²) < 4.78 is 0. The second-order valence-electron chi connectivity index (χ2n) is 4.42. The van der Waals surface area contributed by atoms with Gasteiger partial charge >= 0.3 is 0 Å². The van der Waals surface area contributed by atoms with E-state index < -0.39 is 6.04 Å². The van der Waals surface area contributed by atoms with Crippen LogP contribution < -0.4 is 5.73 Å². The number of benzene rings is 1. The molecule has 1 aromatic carbocycles. The molecule has 1 amide bonds. The van der Waals surface area contributed by atoms with E-state index in [-0.39, 0.29) is 5.91 Å². The molecule has 2 rings (SSSR count). The van der Waals surface area contributed by atoms with Crippen LogP contribution in [0.5, 0.6) is 0 Å². The second-order valence-corrected chi connectivity index (χ2v) is 4.42. The fourth-order valence-electron chi connectivity index (χ4n) is 2.07. The van der Waals surface area contributed by atoms with Crippen LogP contribution >= 0.6 is 0 Å². The first-order chi connectivity index (χ1) is 8.18. The van der Waals surface area contributed by atoms with Crippen LogP contribution in [0.2, 0.25) is 0 Å². The highest BCUT2D eigenvalue weighted by Crippen LogP contribution is 2.22. The van der Waals surface area contributed by atoms with Crippen molar-refractivity contribution in [1.29, 1.82) is 0 Å². The number of rotatable bonds is 2. The Morgan fingerprint density at radius 2 is 2.06 bits per heavy atom. The third-order valence-corrected chi connectivity index (χ3v) is 3.05. The first-order valence-electron chi connectivity index (χ1n) is 5.97. The lowest BCUT2D eigenvalue weighted by Crippen LogP contribution is -2.43. The van der Waals surface area contributed by atoms with Gasteiger partial charge in [0.15, 0.2) is 0 Å². The van der Waals surface area contributed by atoms with Crippen molar-refractivity contribution in [3.63, 3.8) is 0 Å². The third-order valence-electron chi connectivity index (χ3n) is 3.05. The minimum Gasteiger partial charge on any atom is -0.337 e. The standard InChI is InChI=1S/C14H18N2O/c1-11(15)14(17)16-9-7-13(8-10-16)12-5-3-2-4-6-12/h2-7,11H,8-10,15H2,1H3/t11-/m0/s1. The first kappa shape index (κ1) is 11.9. The van der Waals surface area contributed by atoms with Gasteiger partial charge in [0, 0.05) is 13.1 Å². The minimum absolute atomic E-state index is 0.0355.